The molecule has 0 bridgehead atoms. The summed E-state index contributed by atoms with van der Waals surface area (Å²) in [5, 5.41) is 0.946. The number of hydrogen-bond acceptors (Lipinski definition) is 3. The number of ether oxygens (including phenoxy) is 2. The third-order valence-electron chi connectivity index (χ3n) is 1.66. The fourth-order valence-corrected chi connectivity index (χ4v) is 1.53. The van der Waals surface area contributed by atoms with Gasteiger partial charge in [-0.3, -0.25) is 0 Å². The monoisotopic (exact) mass is 294 g/mol. The molecule has 3 nitrogen and oxygen atoms in total. The molecular formula is C11H9Cl3O3. The van der Waals surface area contributed by atoms with Gasteiger partial charge in [0.05, 0.1) is 34.0 Å². The molecular weight excluding hydrogens is 286 g/mol. The highest BCUT2D eigenvalue weighted by Gasteiger charge is 2.06. The predicted octanol–water partition coefficient (Wildman–Crippen LogP) is 4.10. The normalized spacial score (nSPS) is 10.6. The Balaban J connectivity index is 2.69. The summed E-state index contributed by atoms with van der Waals surface area (Å²) in [5.41, 5.74) is 0. The standard InChI is InChI=1S/C11H9Cl3O3/c1-2-16-11(15)3-4-17-10-6-8(13)7(12)5-9(10)14/h3-6H,2H2,1H3/b4-3+. The Morgan fingerprint density at radius 1 is 1.24 bits per heavy atom. The van der Waals surface area contributed by atoms with Crippen LogP contribution in [0.2, 0.25) is 15.1 Å². The first-order chi connectivity index (χ1) is 8.04. The molecule has 0 spiro atoms. The summed E-state index contributed by atoms with van der Waals surface area (Å²) in [6, 6.07) is 2.92. The zero-order valence-corrected chi connectivity index (χ0v) is 11.1. The first-order valence-corrected chi connectivity index (χ1v) is 5.82. The van der Waals surface area contributed by atoms with Crippen LogP contribution in [0.5, 0.6) is 5.75 Å². The molecule has 0 unspecified atom stereocenters. The molecule has 0 fully saturated rings. The second-order valence-electron chi connectivity index (χ2n) is 2.87. The summed E-state index contributed by atoms with van der Waals surface area (Å²) in [4.78, 5) is 11.0. The van der Waals surface area contributed by atoms with Crippen LogP contribution in [-0.4, -0.2) is 12.6 Å². The molecule has 0 aliphatic heterocycles. The van der Waals surface area contributed by atoms with Gasteiger partial charge in [-0.25, -0.2) is 4.79 Å². The summed E-state index contributed by atoms with van der Waals surface area (Å²) < 4.78 is 9.80. The smallest absolute Gasteiger partial charge is 0.333 e. The van der Waals surface area contributed by atoms with Crippen LogP contribution in [0.3, 0.4) is 0 Å². The van der Waals surface area contributed by atoms with Crippen molar-refractivity contribution in [1.29, 1.82) is 0 Å². The molecule has 0 N–H and O–H groups in total. The van der Waals surface area contributed by atoms with Crippen LogP contribution in [-0.2, 0) is 9.53 Å². The van der Waals surface area contributed by atoms with Gasteiger partial charge in [0.1, 0.15) is 5.75 Å². The van der Waals surface area contributed by atoms with Crippen LogP contribution in [0.15, 0.2) is 24.5 Å². The summed E-state index contributed by atoms with van der Waals surface area (Å²) in [5.74, 6) is -0.190. The van der Waals surface area contributed by atoms with Crippen LogP contribution in [0.1, 0.15) is 6.92 Å². The molecule has 0 saturated heterocycles. The summed E-state index contributed by atoms with van der Waals surface area (Å²) in [7, 11) is 0. The summed E-state index contributed by atoms with van der Waals surface area (Å²) in [6.45, 7) is 2.01. The average molecular weight is 296 g/mol. The SMILES string of the molecule is CCOC(=O)/C=C/Oc1cc(Cl)c(Cl)cc1Cl. The van der Waals surface area contributed by atoms with Gasteiger partial charge in [-0.15, -0.1) is 0 Å². The van der Waals surface area contributed by atoms with Crippen molar-refractivity contribution in [2.75, 3.05) is 6.61 Å². The number of esters is 1. The van der Waals surface area contributed by atoms with E-state index in [9.17, 15) is 4.79 Å². The van der Waals surface area contributed by atoms with Gasteiger partial charge in [-0.05, 0) is 13.0 Å². The second-order valence-corrected chi connectivity index (χ2v) is 4.09. The van der Waals surface area contributed by atoms with Crippen molar-refractivity contribution in [2.45, 2.75) is 6.92 Å². The van der Waals surface area contributed by atoms with Crippen LogP contribution in [0.4, 0.5) is 0 Å². The Labute approximate surface area is 114 Å². The van der Waals surface area contributed by atoms with Crippen LogP contribution in [0.25, 0.3) is 0 Å². The molecule has 0 heterocycles. The maximum absolute atomic E-state index is 11.0. The Bertz CT molecular complexity index is 444. The van der Waals surface area contributed by atoms with E-state index in [0.717, 1.165) is 6.08 Å². The lowest BCUT2D eigenvalue weighted by Crippen LogP contribution is -1.99. The van der Waals surface area contributed by atoms with E-state index in [4.69, 9.17) is 39.5 Å². The minimum Gasteiger partial charge on any atom is -0.463 e. The Kier molecular flexibility index (Phi) is 5.62. The van der Waals surface area contributed by atoms with E-state index in [1.165, 1.54) is 18.4 Å². The number of hydrogen-bond donors (Lipinski definition) is 0. The van der Waals surface area contributed by atoms with Crippen molar-refractivity contribution in [2.24, 2.45) is 0 Å². The third kappa shape index (κ3) is 4.46. The predicted molar refractivity (Wildman–Crippen MR) is 67.9 cm³/mol. The van der Waals surface area contributed by atoms with Gasteiger partial charge in [-0.1, -0.05) is 34.8 Å². The lowest BCUT2D eigenvalue weighted by Gasteiger charge is -2.04. The van der Waals surface area contributed by atoms with Crippen LogP contribution >= 0.6 is 34.8 Å². The van der Waals surface area contributed by atoms with Crippen molar-refractivity contribution >= 4 is 40.8 Å². The fourth-order valence-electron chi connectivity index (χ4n) is 0.948. The van der Waals surface area contributed by atoms with Crippen molar-refractivity contribution in [3.8, 4) is 5.75 Å². The molecule has 0 aliphatic rings. The molecule has 1 aromatic rings. The number of carbonyl (C=O) groups is 1. The van der Waals surface area contributed by atoms with Gasteiger partial charge in [0, 0.05) is 6.07 Å². The molecule has 0 atom stereocenters. The Morgan fingerprint density at radius 3 is 2.53 bits per heavy atom. The van der Waals surface area contributed by atoms with Gasteiger partial charge in [0.25, 0.3) is 0 Å². The van der Waals surface area contributed by atoms with Crippen molar-refractivity contribution in [3.63, 3.8) is 0 Å². The van der Waals surface area contributed by atoms with Crippen molar-refractivity contribution in [3.05, 3.63) is 39.5 Å². The topological polar surface area (TPSA) is 35.5 Å². The number of halogens is 3. The van der Waals surface area contributed by atoms with E-state index in [0.29, 0.717) is 27.4 Å². The van der Waals surface area contributed by atoms with E-state index in [1.54, 1.807) is 6.92 Å². The quantitative estimate of drug-likeness (QED) is 0.363. The molecule has 6 heteroatoms. The van der Waals surface area contributed by atoms with Gasteiger partial charge >= 0.3 is 5.97 Å². The van der Waals surface area contributed by atoms with Crippen LogP contribution < -0.4 is 4.74 Å². The number of carbonyl (C=O) groups excluding carboxylic acids is 1. The first kappa shape index (κ1) is 14.2. The average Bonchev–Trinajstić information content (AvgIpc) is 2.26. The van der Waals surface area contributed by atoms with E-state index in [-0.39, 0.29) is 0 Å². The zero-order valence-electron chi connectivity index (χ0n) is 8.88. The highest BCUT2D eigenvalue weighted by molar-refractivity contribution is 6.43. The second kappa shape index (κ2) is 6.74. The highest BCUT2D eigenvalue weighted by atomic mass is 35.5. The molecule has 1 aromatic carbocycles. The van der Waals surface area contributed by atoms with Gasteiger partial charge in [0.2, 0.25) is 0 Å². The molecule has 0 amide bonds. The van der Waals surface area contributed by atoms with Crippen molar-refractivity contribution < 1.29 is 14.3 Å². The maximum Gasteiger partial charge on any atom is 0.333 e. The fraction of sp³-hybridized carbons (Fsp3) is 0.182. The minimum atomic E-state index is -0.497. The summed E-state index contributed by atoms with van der Waals surface area (Å²) in [6.07, 6.45) is 2.31. The molecule has 0 aliphatic carbocycles. The van der Waals surface area contributed by atoms with Crippen LogP contribution in [0, 0.1) is 0 Å². The minimum absolute atomic E-state index is 0.299. The molecule has 92 valence electrons. The summed E-state index contributed by atoms with van der Waals surface area (Å²) >= 11 is 17.4. The number of benzene rings is 1. The highest BCUT2D eigenvalue weighted by Crippen LogP contribution is 2.33. The van der Waals surface area contributed by atoms with E-state index >= 15 is 0 Å². The van der Waals surface area contributed by atoms with Gasteiger partial charge in [0.15, 0.2) is 0 Å². The maximum atomic E-state index is 11.0. The van der Waals surface area contributed by atoms with E-state index in [2.05, 4.69) is 4.74 Å². The van der Waals surface area contributed by atoms with E-state index < -0.39 is 5.97 Å². The number of rotatable bonds is 4. The molecule has 17 heavy (non-hydrogen) atoms. The molecule has 0 saturated carbocycles. The molecule has 0 aromatic heterocycles. The Morgan fingerprint density at radius 2 is 1.88 bits per heavy atom. The molecule has 0 radical (unpaired) electrons. The van der Waals surface area contributed by atoms with Gasteiger partial charge in [-0.2, -0.15) is 0 Å². The van der Waals surface area contributed by atoms with E-state index in [1.807, 2.05) is 0 Å². The first-order valence-electron chi connectivity index (χ1n) is 4.69. The zero-order chi connectivity index (χ0) is 12.8. The third-order valence-corrected chi connectivity index (χ3v) is 2.68. The van der Waals surface area contributed by atoms with Gasteiger partial charge < -0.3 is 9.47 Å². The molecule has 1 rings (SSSR count). The largest absolute Gasteiger partial charge is 0.463 e. The lowest BCUT2D eigenvalue weighted by molar-refractivity contribution is -0.137. The van der Waals surface area contributed by atoms with Crippen molar-refractivity contribution in [1.82, 2.24) is 0 Å². The Hall–Kier alpha value is -0.900. The lowest BCUT2D eigenvalue weighted by atomic mass is 10.3.